The lowest BCUT2D eigenvalue weighted by molar-refractivity contribution is -0.538. The number of hydrogen-bond donors (Lipinski definition) is 2. The molecule has 19 heavy (non-hydrogen) atoms. The molecule has 0 spiro atoms. The van der Waals surface area contributed by atoms with Gasteiger partial charge in [-0.05, 0) is 31.2 Å². The van der Waals surface area contributed by atoms with Crippen molar-refractivity contribution in [3.05, 3.63) is 42.1 Å². The fourth-order valence-electron chi connectivity index (χ4n) is 2.14. The van der Waals surface area contributed by atoms with Crippen LogP contribution in [-0.2, 0) is 6.42 Å². The number of likely N-dealkylation sites (N-methyl/N-ethyl adjacent to an activating group) is 2. The second kappa shape index (κ2) is 5.89. The molecule has 2 rings (SSSR count). The Labute approximate surface area is 115 Å². The van der Waals surface area contributed by atoms with Crippen molar-refractivity contribution >= 4 is 11.5 Å². The third-order valence-electron chi connectivity index (χ3n) is 3.60. The molecule has 1 aromatic carbocycles. The Balaban J connectivity index is 2.11. The molecule has 4 heteroatoms. The number of aryl methyl sites for hydroxylation is 1. The average Bonchev–Trinajstić information content (AvgIpc) is 2.45. The van der Waals surface area contributed by atoms with Crippen LogP contribution in [0.4, 0.5) is 5.69 Å². The van der Waals surface area contributed by atoms with Crippen LogP contribution in [0.1, 0.15) is 19.4 Å². The molecule has 2 N–H and O–H groups in total. The van der Waals surface area contributed by atoms with Crippen molar-refractivity contribution in [2.45, 2.75) is 26.4 Å². The van der Waals surface area contributed by atoms with Gasteiger partial charge in [0.05, 0.1) is 12.7 Å². The van der Waals surface area contributed by atoms with Gasteiger partial charge in [-0.15, -0.1) is 5.01 Å². The summed E-state index contributed by atoms with van der Waals surface area (Å²) in [6.07, 6.45) is 5.51. The molecule has 1 aliphatic rings. The fourth-order valence-corrected chi connectivity index (χ4v) is 2.14. The molecule has 0 radical (unpaired) electrons. The molecule has 0 saturated heterocycles. The van der Waals surface area contributed by atoms with Crippen LogP contribution < -0.4 is 10.7 Å². The van der Waals surface area contributed by atoms with Crippen LogP contribution in [0, 0.1) is 0 Å². The van der Waals surface area contributed by atoms with E-state index in [1.165, 1.54) is 5.56 Å². The summed E-state index contributed by atoms with van der Waals surface area (Å²) in [6.45, 7) is 4.27. The maximum absolute atomic E-state index is 3.40. The van der Waals surface area contributed by atoms with E-state index in [0.717, 1.165) is 17.9 Å². The molecule has 0 unspecified atom stereocenters. The van der Waals surface area contributed by atoms with Crippen molar-refractivity contribution < 1.29 is 4.58 Å². The summed E-state index contributed by atoms with van der Waals surface area (Å²) >= 11 is 0. The summed E-state index contributed by atoms with van der Waals surface area (Å²) in [7, 11) is 4.04. The maximum Gasteiger partial charge on any atom is 0.273 e. The molecule has 0 aromatic heterocycles. The SMILES string of the molecule is CCc1ccc(NN2C=C[C@H](NC)[N+](C)=C2C)cc1. The Kier molecular flexibility index (Phi) is 4.22. The summed E-state index contributed by atoms with van der Waals surface area (Å²) < 4.78 is 2.19. The molecule has 4 nitrogen and oxygen atoms in total. The van der Waals surface area contributed by atoms with E-state index in [4.69, 9.17) is 0 Å². The predicted molar refractivity (Wildman–Crippen MR) is 80.1 cm³/mol. The average molecular weight is 259 g/mol. The first-order chi connectivity index (χ1) is 9.15. The minimum atomic E-state index is 0.250. The number of amidine groups is 1. The van der Waals surface area contributed by atoms with E-state index in [1.807, 2.05) is 12.1 Å². The number of benzene rings is 1. The quantitative estimate of drug-likeness (QED) is 0.811. The van der Waals surface area contributed by atoms with Crippen LogP contribution in [0.15, 0.2) is 36.5 Å². The van der Waals surface area contributed by atoms with Crippen LogP contribution >= 0.6 is 0 Å². The van der Waals surface area contributed by atoms with Crippen LogP contribution in [0.25, 0.3) is 0 Å². The van der Waals surface area contributed by atoms with Crippen molar-refractivity contribution in [1.82, 2.24) is 10.3 Å². The number of nitrogens with one attached hydrogen (secondary N) is 2. The highest BCUT2D eigenvalue weighted by atomic mass is 15.5. The first kappa shape index (κ1) is 13.6. The highest BCUT2D eigenvalue weighted by Gasteiger charge is 2.23. The topological polar surface area (TPSA) is 30.3 Å². The molecule has 0 aliphatic carbocycles. The van der Waals surface area contributed by atoms with Crippen LogP contribution in [0.3, 0.4) is 0 Å². The predicted octanol–water partition coefficient (Wildman–Crippen LogP) is 2.01. The fraction of sp³-hybridized carbons (Fsp3) is 0.400. The third kappa shape index (κ3) is 2.96. The van der Waals surface area contributed by atoms with Gasteiger partial charge in [0.25, 0.3) is 5.84 Å². The molecule has 0 bridgehead atoms. The largest absolute Gasteiger partial charge is 0.278 e. The van der Waals surface area contributed by atoms with E-state index < -0.39 is 0 Å². The lowest BCUT2D eigenvalue weighted by atomic mass is 10.1. The molecular weight excluding hydrogens is 236 g/mol. The Morgan fingerprint density at radius 1 is 1.26 bits per heavy atom. The molecule has 1 heterocycles. The summed E-state index contributed by atoms with van der Waals surface area (Å²) in [4.78, 5) is 0. The number of rotatable bonds is 4. The van der Waals surface area contributed by atoms with Crippen molar-refractivity contribution in [2.75, 3.05) is 19.5 Å². The maximum atomic E-state index is 3.40. The summed E-state index contributed by atoms with van der Waals surface area (Å²) in [5.41, 5.74) is 5.85. The second-order valence-corrected chi connectivity index (χ2v) is 4.77. The first-order valence-corrected chi connectivity index (χ1v) is 6.72. The molecule has 0 amide bonds. The Morgan fingerprint density at radius 3 is 2.53 bits per heavy atom. The van der Waals surface area contributed by atoms with Crippen molar-refractivity contribution in [3.8, 4) is 0 Å². The summed E-state index contributed by atoms with van der Waals surface area (Å²) in [6, 6.07) is 8.55. The zero-order valence-electron chi connectivity index (χ0n) is 12.1. The number of anilines is 1. The van der Waals surface area contributed by atoms with E-state index in [0.29, 0.717) is 0 Å². The second-order valence-electron chi connectivity index (χ2n) is 4.77. The highest BCUT2D eigenvalue weighted by Crippen LogP contribution is 2.13. The van der Waals surface area contributed by atoms with Gasteiger partial charge in [-0.1, -0.05) is 19.1 Å². The Morgan fingerprint density at radius 2 is 1.95 bits per heavy atom. The molecule has 102 valence electrons. The minimum absolute atomic E-state index is 0.250. The highest BCUT2D eigenvalue weighted by molar-refractivity contribution is 5.78. The number of hydrogen-bond acceptors (Lipinski definition) is 3. The van der Waals surface area contributed by atoms with Gasteiger partial charge in [0.15, 0.2) is 6.17 Å². The molecule has 0 fully saturated rings. The Hall–Kier alpha value is -1.81. The molecule has 1 aromatic rings. The van der Waals surface area contributed by atoms with E-state index >= 15 is 0 Å². The van der Waals surface area contributed by atoms with Gasteiger partial charge in [0.2, 0.25) is 0 Å². The molecule has 0 saturated carbocycles. The van der Waals surface area contributed by atoms with Crippen molar-refractivity contribution in [2.24, 2.45) is 0 Å². The van der Waals surface area contributed by atoms with Gasteiger partial charge in [-0.3, -0.25) is 5.32 Å². The van der Waals surface area contributed by atoms with E-state index in [9.17, 15) is 0 Å². The monoisotopic (exact) mass is 259 g/mol. The van der Waals surface area contributed by atoms with Crippen molar-refractivity contribution in [1.29, 1.82) is 0 Å². The van der Waals surface area contributed by atoms with E-state index in [1.54, 1.807) is 0 Å². The van der Waals surface area contributed by atoms with Gasteiger partial charge in [-0.2, -0.15) is 0 Å². The van der Waals surface area contributed by atoms with E-state index in [-0.39, 0.29) is 6.17 Å². The molecule has 1 atom stereocenters. The summed E-state index contributed by atoms with van der Waals surface area (Å²) in [5.74, 6) is 1.15. The third-order valence-corrected chi connectivity index (χ3v) is 3.60. The Bertz CT molecular complexity index is 487. The zero-order chi connectivity index (χ0) is 13.8. The van der Waals surface area contributed by atoms with Crippen LogP contribution in [0.2, 0.25) is 0 Å². The number of nitrogens with zero attached hydrogens (tertiary/aromatic N) is 2. The van der Waals surface area contributed by atoms with Crippen LogP contribution in [-0.4, -0.2) is 35.7 Å². The normalized spacial score (nSPS) is 18.9. The smallest absolute Gasteiger partial charge is 0.273 e. The van der Waals surface area contributed by atoms with Gasteiger partial charge >= 0.3 is 0 Å². The minimum Gasteiger partial charge on any atom is -0.278 e. The lowest BCUT2D eigenvalue weighted by Crippen LogP contribution is -2.46. The van der Waals surface area contributed by atoms with Gasteiger partial charge in [0, 0.05) is 13.0 Å². The van der Waals surface area contributed by atoms with Gasteiger partial charge in [-0.25, -0.2) is 10.0 Å². The van der Waals surface area contributed by atoms with E-state index in [2.05, 4.69) is 72.8 Å². The lowest BCUT2D eigenvalue weighted by Gasteiger charge is -2.24. The first-order valence-electron chi connectivity index (χ1n) is 6.72. The zero-order valence-corrected chi connectivity index (χ0v) is 12.1. The molecule has 1 aliphatic heterocycles. The molecular formula is C15H23N4+. The van der Waals surface area contributed by atoms with Crippen molar-refractivity contribution in [3.63, 3.8) is 0 Å². The standard InChI is InChI=1S/C15H23N4/c1-5-13-6-8-14(9-7-13)17-19-11-10-15(16-3)18(4)12(19)2/h6-11,15-17H,5H2,1-4H3/q+1/t15-/m1/s1. The number of hydrazine groups is 1. The summed E-state index contributed by atoms with van der Waals surface area (Å²) in [5, 5.41) is 5.28. The van der Waals surface area contributed by atoms with Crippen LogP contribution in [0.5, 0.6) is 0 Å². The van der Waals surface area contributed by atoms with Gasteiger partial charge in [0.1, 0.15) is 6.20 Å². The van der Waals surface area contributed by atoms with Gasteiger partial charge < -0.3 is 0 Å².